The number of nitrogens with zero attached hydrogens (tertiary/aromatic N) is 4. The van der Waals surface area contributed by atoms with E-state index in [4.69, 9.17) is 0 Å². The summed E-state index contributed by atoms with van der Waals surface area (Å²) in [6, 6.07) is -0.229. The summed E-state index contributed by atoms with van der Waals surface area (Å²) < 4.78 is 41.6. The Morgan fingerprint density at radius 2 is 2.10 bits per heavy atom. The van der Waals surface area contributed by atoms with E-state index in [0.29, 0.717) is 37.7 Å². The summed E-state index contributed by atoms with van der Waals surface area (Å²) in [6.45, 7) is 5.71. The van der Waals surface area contributed by atoms with Gasteiger partial charge < -0.3 is 15.1 Å². The first kappa shape index (κ1) is 21.0. The first-order chi connectivity index (χ1) is 14.2. The molecule has 30 heavy (non-hydrogen) atoms. The monoisotopic (exact) mass is 427 g/mol. The van der Waals surface area contributed by atoms with Crippen molar-refractivity contribution < 1.29 is 22.8 Å². The lowest BCUT2D eigenvalue weighted by atomic mass is 9.93. The van der Waals surface area contributed by atoms with Gasteiger partial charge >= 0.3 is 6.18 Å². The summed E-state index contributed by atoms with van der Waals surface area (Å²) in [4.78, 5) is 28.4. The molecule has 1 N–H and O–H groups in total. The zero-order valence-electron chi connectivity index (χ0n) is 17.3. The fourth-order valence-corrected chi connectivity index (χ4v) is 4.90. The third-order valence-electron chi connectivity index (χ3n) is 6.50. The van der Waals surface area contributed by atoms with Crippen molar-refractivity contribution in [3.05, 3.63) is 11.8 Å². The number of rotatable bonds is 3. The minimum atomic E-state index is -4.36. The molecule has 166 valence electrons. The van der Waals surface area contributed by atoms with Gasteiger partial charge in [-0.3, -0.25) is 9.59 Å². The van der Waals surface area contributed by atoms with Crippen molar-refractivity contribution in [3.63, 3.8) is 0 Å². The number of piperidine rings is 1. The van der Waals surface area contributed by atoms with E-state index in [2.05, 4.69) is 10.4 Å². The van der Waals surface area contributed by atoms with Gasteiger partial charge in [0, 0.05) is 50.6 Å². The molecule has 7 nitrogen and oxygen atoms in total. The number of anilines is 1. The number of fused-ring (bicyclic) bond motifs is 1. The van der Waals surface area contributed by atoms with Crippen molar-refractivity contribution in [1.82, 2.24) is 19.6 Å². The zero-order valence-corrected chi connectivity index (χ0v) is 17.3. The molecule has 0 radical (unpaired) electrons. The van der Waals surface area contributed by atoms with Gasteiger partial charge in [-0.05, 0) is 33.1 Å². The van der Waals surface area contributed by atoms with Crippen LogP contribution in [-0.2, 0) is 9.59 Å². The third-order valence-corrected chi connectivity index (χ3v) is 6.50. The zero-order chi connectivity index (χ0) is 21.6. The van der Waals surface area contributed by atoms with E-state index >= 15 is 0 Å². The molecular weight excluding hydrogens is 399 g/mol. The van der Waals surface area contributed by atoms with Gasteiger partial charge in [0.25, 0.3) is 0 Å². The Kier molecular flexibility index (Phi) is 5.44. The first-order valence-electron chi connectivity index (χ1n) is 10.7. The van der Waals surface area contributed by atoms with Crippen molar-refractivity contribution in [1.29, 1.82) is 0 Å². The van der Waals surface area contributed by atoms with Crippen LogP contribution in [-0.4, -0.2) is 69.8 Å². The van der Waals surface area contributed by atoms with Gasteiger partial charge in [-0.1, -0.05) is 0 Å². The molecule has 2 amide bonds. The third kappa shape index (κ3) is 3.88. The van der Waals surface area contributed by atoms with E-state index in [1.54, 1.807) is 22.8 Å². The van der Waals surface area contributed by atoms with Crippen LogP contribution in [0.15, 0.2) is 6.07 Å². The molecule has 4 rings (SSSR count). The predicted octanol–water partition coefficient (Wildman–Crippen LogP) is 2.77. The van der Waals surface area contributed by atoms with Crippen molar-refractivity contribution >= 4 is 17.6 Å². The average Bonchev–Trinajstić information content (AvgIpc) is 3.29. The van der Waals surface area contributed by atoms with E-state index in [9.17, 15) is 22.8 Å². The second-order valence-corrected chi connectivity index (χ2v) is 8.69. The maximum Gasteiger partial charge on any atom is 0.410 e. The van der Waals surface area contributed by atoms with E-state index in [1.165, 1.54) is 0 Å². The van der Waals surface area contributed by atoms with Crippen molar-refractivity contribution in [2.45, 2.75) is 63.7 Å². The van der Waals surface area contributed by atoms with Gasteiger partial charge in [0.2, 0.25) is 11.8 Å². The molecule has 1 aromatic rings. The Morgan fingerprint density at radius 3 is 2.77 bits per heavy atom. The minimum absolute atomic E-state index is 0.00423. The molecular formula is C20H28F3N5O2. The fourth-order valence-electron chi connectivity index (χ4n) is 4.90. The van der Waals surface area contributed by atoms with Crippen molar-refractivity contribution in [2.24, 2.45) is 5.92 Å². The lowest BCUT2D eigenvalue weighted by molar-refractivity contribution is -0.173. The van der Waals surface area contributed by atoms with Gasteiger partial charge in [-0.15, -0.1) is 0 Å². The number of carbonyl (C=O) groups excluding carboxylic acids is 2. The topological polar surface area (TPSA) is 70.5 Å². The van der Waals surface area contributed by atoms with Gasteiger partial charge in [0.05, 0.1) is 11.6 Å². The second-order valence-electron chi connectivity index (χ2n) is 8.69. The molecule has 0 aliphatic carbocycles. The van der Waals surface area contributed by atoms with E-state index in [0.717, 1.165) is 17.5 Å². The molecule has 3 aliphatic rings. The van der Waals surface area contributed by atoms with Crippen LogP contribution in [0.1, 0.15) is 57.2 Å². The Hall–Kier alpha value is -2.26. The number of amides is 2. The number of nitrogens with one attached hydrogen (secondary N) is 1. The Labute approximate surface area is 173 Å². The lowest BCUT2D eigenvalue weighted by Gasteiger charge is -2.33. The summed E-state index contributed by atoms with van der Waals surface area (Å²) in [6.07, 6.45) is -2.64. The van der Waals surface area contributed by atoms with Gasteiger partial charge in [0.15, 0.2) is 6.04 Å². The molecule has 4 atom stereocenters. The average molecular weight is 427 g/mol. The smallest absolute Gasteiger partial charge is 0.368 e. The summed E-state index contributed by atoms with van der Waals surface area (Å²) in [7, 11) is 0. The molecule has 0 bridgehead atoms. The highest BCUT2D eigenvalue weighted by atomic mass is 19.4. The van der Waals surface area contributed by atoms with Crippen LogP contribution in [0.4, 0.5) is 19.0 Å². The van der Waals surface area contributed by atoms with E-state index < -0.39 is 12.2 Å². The normalized spacial score (nSPS) is 29.7. The van der Waals surface area contributed by atoms with E-state index in [-0.39, 0.29) is 42.5 Å². The molecule has 0 spiro atoms. The van der Waals surface area contributed by atoms with Crippen LogP contribution in [0.2, 0.25) is 0 Å². The number of halogens is 3. The second kappa shape index (κ2) is 7.77. The quantitative estimate of drug-likeness (QED) is 0.806. The Bertz CT molecular complexity index is 824. The van der Waals surface area contributed by atoms with Gasteiger partial charge in [-0.25, -0.2) is 4.68 Å². The largest absolute Gasteiger partial charge is 0.410 e. The predicted molar refractivity (Wildman–Crippen MR) is 104 cm³/mol. The van der Waals surface area contributed by atoms with Gasteiger partial charge in [-0.2, -0.15) is 18.3 Å². The molecule has 2 fully saturated rings. The van der Waals surface area contributed by atoms with Crippen LogP contribution >= 0.6 is 0 Å². The van der Waals surface area contributed by atoms with Crippen molar-refractivity contribution in [2.75, 3.05) is 31.5 Å². The van der Waals surface area contributed by atoms with Crippen LogP contribution in [0.25, 0.3) is 0 Å². The molecule has 0 unspecified atom stereocenters. The number of aromatic nitrogens is 2. The first-order valence-corrected chi connectivity index (χ1v) is 10.7. The highest BCUT2D eigenvalue weighted by Crippen LogP contribution is 2.40. The lowest BCUT2D eigenvalue weighted by Crippen LogP contribution is -2.43. The molecule has 2 saturated heterocycles. The standard InChI is InChI=1S/C20H28F3N5O2/c1-3-26-11-14(8-18(26)29)19(30)27-6-4-5-13(10-27)15-9-17-24-12(2)7-16(20(21,22)23)28(17)25-15/h9,12-14,16,24H,3-8,10-11H2,1-2H3/t12-,13-,14-,16-/m1/s1. The summed E-state index contributed by atoms with van der Waals surface area (Å²) >= 11 is 0. The summed E-state index contributed by atoms with van der Waals surface area (Å²) in [5.41, 5.74) is 0.594. The van der Waals surface area contributed by atoms with Crippen LogP contribution < -0.4 is 5.32 Å². The number of hydrogen-bond donors (Lipinski definition) is 1. The van der Waals surface area contributed by atoms with Gasteiger partial charge in [0.1, 0.15) is 5.82 Å². The number of carbonyl (C=O) groups is 2. The molecule has 10 heteroatoms. The minimum Gasteiger partial charge on any atom is -0.368 e. The molecule has 3 aliphatic heterocycles. The fraction of sp³-hybridized carbons (Fsp3) is 0.750. The SMILES string of the molecule is CCN1C[C@H](C(=O)N2CCC[C@@H](c3cc4n(n3)[C@@H](C(F)(F)F)C[C@@H](C)N4)C2)CC1=O. The van der Waals surface area contributed by atoms with Crippen LogP contribution in [0, 0.1) is 5.92 Å². The maximum atomic E-state index is 13.5. The van der Waals surface area contributed by atoms with Crippen LogP contribution in [0.5, 0.6) is 0 Å². The van der Waals surface area contributed by atoms with Crippen molar-refractivity contribution in [3.8, 4) is 0 Å². The molecule has 4 heterocycles. The molecule has 1 aromatic heterocycles. The number of hydrogen-bond acceptors (Lipinski definition) is 4. The Balaban J connectivity index is 1.49. The Morgan fingerprint density at radius 1 is 1.33 bits per heavy atom. The summed E-state index contributed by atoms with van der Waals surface area (Å²) in [5, 5.41) is 7.41. The van der Waals surface area contributed by atoms with E-state index in [1.807, 2.05) is 6.92 Å². The molecule has 0 saturated carbocycles. The highest BCUT2D eigenvalue weighted by molar-refractivity contribution is 5.89. The summed E-state index contributed by atoms with van der Waals surface area (Å²) in [5.74, 6) is -0.0818. The number of alkyl halides is 3. The van der Waals surface area contributed by atoms with Crippen LogP contribution in [0.3, 0.4) is 0 Å². The maximum absolute atomic E-state index is 13.5. The highest BCUT2D eigenvalue weighted by Gasteiger charge is 2.46. The number of likely N-dealkylation sites (tertiary alicyclic amines) is 2. The molecule has 0 aromatic carbocycles.